The summed E-state index contributed by atoms with van der Waals surface area (Å²) in [6.07, 6.45) is 5.08. The largest absolute Gasteiger partial charge is 0.390 e. The third-order valence-electron chi connectivity index (χ3n) is 4.87. The maximum absolute atomic E-state index is 10.2. The molecule has 1 aromatic carbocycles. The predicted octanol–water partition coefficient (Wildman–Crippen LogP) is 3.25. The Morgan fingerprint density at radius 3 is 2.81 bits per heavy atom. The van der Waals surface area contributed by atoms with Gasteiger partial charge in [-0.2, -0.15) is 0 Å². The van der Waals surface area contributed by atoms with Crippen LogP contribution >= 0.6 is 23.2 Å². The zero-order valence-corrected chi connectivity index (χ0v) is 15.3. The van der Waals surface area contributed by atoms with Crippen LogP contribution < -0.4 is 5.32 Å². The van der Waals surface area contributed by atoms with Crippen molar-refractivity contribution in [3.8, 4) is 0 Å². The zero-order valence-electron chi connectivity index (χ0n) is 13.8. The summed E-state index contributed by atoms with van der Waals surface area (Å²) in [4.78, 5) is 8.83. The highest BCUT2D eigenvalue weighted by molar-refractivity contribution is 6.33. The second-order valence-corrected chi connectivity index (χ2v) is 7.33. The highest BCUT2D eigenvalue weighted by atomic mass is 35.5. The van der Waals surface area contributed by atoms with Gasteiger partial charge in [0.05, 0.1) is 12.2 Å². The molecule has 1 fully saturated rings. The fraction of sp³-hybridized carbons (Fsp3) is 0.333. The Kier molecular flexibility index (Phi) is 4.75. The van der Waals surface area contributed by atoms with Crippen LogP contribution in [0.25, 0.3) is 5.65 Å². The Hall–Kier alpha value is -1.86. The Morgan fingerprint density at radius 1 is 1.19 bits per heavy atom. The van der Waals surface area contributed by atoms with E-state index < -0.39 is 12.2 Å². The van der Waals surface area contributed by atoms with Crippen LogP contribution in [0.4, 0.5) is 5.82 Å². The molecule has 0 unspecified atom stereocenters. The average molecular weight is 393 g/mol. The number of rotatable bonds is 4. The molecule has 0 amide bonds. The lowest BCUT2D eigenvalue weighted by Gasteiger charge is -2.16. The second-order valence-electron chi connectivity index (χ2n) is 6.48. The van der Waals surface area contributed by atoms with Gasteiger partial charge >= 0.3 is 0 Å². The van der Waals surface area contributed by atoms with Crippen molar-refractivity contribution in [3.05, 3.63) is 58.1 Å². The number of nitrogens with one attached hydrogen (secondary N) is 1. The summed E-state index contributed by atoms with van der Waals surface area (Å²) in [5.41, 5.74) is 2.40. The summed E-state index contributed by atoms with van der Waals surface area (Å²) in [7, 11) is 0. The monoisotopic (exact) mass is 392 g/mol. The molecule has 2 heterocycles. The van der Waals surface area contributed by atoms with Crippen molar-refractivity contribution in [1.29, 1.82) is 0 Å². The summed E-state index contributed by atoms with van der Waals surface area (Å²) in [6.45, 7) is 0.457. The van der Waals surface area contributed by atoms with Crippen molar-refractivity contribution in [1.82, 2.24) is 14.4 Å². The minimum atomic E-state index is -0.773. The summed E-state index contributed by atoms with van der Waals surface area (Å²) in [6, 6.07) is 5.31. The first kappa shape index (κ1) is 17.5. The lowest BCUT2D eigenvalue weighted by molar-refractivity contribution is 0.0345. The lowest BCUT2D eigenvalue weighted by Crippen LogP contribution is -2.24. The molecule has 0 spiro atoms. The first-order chi connectivity index (χ1) is 12.5. The van der Waals surface area contributed by atoms with Crippen LogP contribution in [0.3, 0.4) is 0 Å². The van der Waals surface area contributed by atoms with Gasteiger partial charge in [0, 0.05) is 46.8 Å². The first-order valence-corrected chi connectivity index (χ1v) is 9.16. The summed E-state index contributed by atoms with van der Waals surface area (Å²) >= 11 is 12.2. The molecule has 1 saturated carbocycles. The minimum Gasteiger partial charge on any atom is -0.390 e. The molecule has 3 N–H and O–H groups in total. The summed E-state index contributed by atoms with van der Waals surface area (Å²) < 4.78 is 1.90. The van der Waals surface area contributed by atoms with Crippen LogP contribution in [0.1, 0.15) is 30.0 Å². The quantitative estimate of drug-likeness (QED) is 0.634. The van der Waals surface area contributed by atoms with Crippen molar-refractivity contribution in [2.75, 3.05) is 5.32 Å². The number of halogens is 2. The topological polar surface area (TPSA) is 82.7 Å². The maximum Gasteiger partial charge on any atom is 0.180 e. The van der Waals surface area contributed by atoms with Crippen molar-refractivity contribution in [3.63, 3.8) is 0 Å². The van der Waals surface area contributed by atoms with Crippen molar-refractivity contribution < 1.29 is 10.2 Å². The molecule has 0 saturated heterocycles. The molecule has 2 aromatic heterocycles. The Morgan fingerprint density at radius 2 is 2.04 bits per heavy atom. The van der Waals surface area contributed by atoms with E-state index in [-0.39, 0.29) is 5.92 Å². The normalized spacial score (nSPS) is 22.8. The molecule has 136 valence electrons. The van der Waals surface area contributed by atoms with E-state index in [2.05, 4.69) is 15.3 Å². The number of aliphatic hydroxyl groups is 2. The minimum absolute atomic E-state index is 0.141. The average Bonchev–Trinajstić information content (AvgIpc) is 3.20. The number of benzene rings is 1. The molecule has 0 aliphatic heterocycles. The van der Waals surface area contributed by atoms with E-state index in [9.17, 15) is 10.2 Å². The Labute approximate surface area is 160 Å². The molecule has 26 heavy (non-hydrogen) atoms. The van der Waals surface area contributed by atoms with Gasteiger partial charge in [0.25, 0.3) is 0 Å². The number of hydrogen-bond donors (Lipinski definition) is 3. The van der Waals surface area contributed by atoms with Crippen LogP contribution in [-0.2, 0) is 6.54 Å². The highest BCUT2D eigenvalue weighted by Crippen LogP contribution is 2.35. The van der Waals surface area contributed by atoms with Crippen LogP contribution in [0, 0.1) is 0 Å². The summed E-state index contributed by atoms with van der Waals surface area (Å²) in [5.74, 6) is 0.473. The van der Waals surface area contributed by atoms with Crippen LogP contribution in [0.5, 0.6) is 0 Å². The number of hydrogen-bond acceptors (Lipinski definition) is 5. The third-order valence-corrected chi connectivity index (χ3v) is 5.47. The fourth-order valence-electron chi connectivity index (χ4n) is 3.48. The number of fused-ring (bicyclic) bond motifs is 1. The number of anilines is 1. The number of aromatic nitrogens is 3. The highest BCUT2D eigenvalue weighted by Gasteiger charge is 2.36. The van der Waals surface area contributed by atoms with Gasteiger partial charge in [-0.3, -0.25) is 4.40 Å². The van der Waals surface area contributed by atoms with Gasteiger partial charge in [0.15, 0.2) is 11.5 Å². The van der Waals surface area contributed by atoms with Gasteiger partial charge in [-0.1, -0.05) is 23.2 Å². The first-order valence-electron chi connectivity index (χ1n) is 8.40. The second kappa shape index (κ2) is 7.04. The number of aliphatic hydroxyl groups excluding tert-OH is 2. The molecule has 6 nitrogen and oxygen atoms in total. The molecule has 3 atom stereocenters. The van der Waals surface area contributed by atoms with Gasteiger partial charge in [-0.05, 0) is 36.6 Å². The van der Waals surface area contributed by atoms with Crippen molar-refractivity contribution in [2.45, 2.75) is 37.5 Å². The molecule has 3 aromatic rings. The fourth-order valence-corrected chi connectivity index (χ4v) is 3.86. The molecule has 0 bridgehead atoms. The molecule has 0 radical (unpaired) electrons. The van der Waals surface area contributed by atoms with E-state index in [1.165, 1.54) is 0 Å². The smallest absolute Gasteiger partial charge is 0.180 e. The molecule has 1 aliphatic rings. The number of nitrogens with zero attached hydrogens (tertiary/aromatic N) is 3. The maximum atomic E-state index is 10.2. The van der Waals surface area contributed by atoms with Gasteiger partial charge in [-0.25, -0.2) is 9.97 Å². The van der Waals surface area contributed by atoms with E-state index in [1.807, 2.05) is 16.7 Å². The lowest BCUT2D eigenvalue weighted by atomic mass is 10.0. The molecular weight excluding hydrogens is 375 g/mol. The van der Waals surface area contributed by atoms with E-state index in [4.69, 9.17) is 23.2 Å². The SMILES string of the molecule is O[C@@H]1[C@H](O)CC[C@H]1c1cnc2c(NCc3cc(Cl)ccc3Cl)nccn12. The molecule has 8 heteroatoms. The van der Waals surface area contributed by atoms with Crippen molar-refractivity contribution in [2.24, 2.45) is 0 Å². The number of imidazole rings is 1. The third kappa shape index (κ3) is 3.14. The Bertz CT molecular complexity index is 946. The van der Waals surface area contributed by atoms with E-state index in [0.717, 1.165) is 17.7 Å². The zero-order chi connectivity index (χ0) is 18.3. The Balaban J connectivity index is 1.62. The van der Waals surface area contributed by atoms with E-state index in [1.54, 1.807) is 24.5 Å². The molecular formula is C18H18Cl2N4O2. The van der Waals surface area contributed by atoms with Gasteiger partial charge in [-0.15, -0.1) is 0 Å². The van der Waals surface area contributed by atoms with Gasteiger partial charge in [0.2, 0.25) is 0 Å². The van der Waals surface area contributed by atoms with E-state index in [0.29, 0.717) is 34.5 Å². The molecule has 4 rings (SSSR count). The van der Waals surface area contributed by atoms with E-state index >= 15 is 0 Å². The molecule has 1 aliphatic carbocycles. The standard InChI is InChI=1S/C18H18Cl2N4O2/c19-11-1-3-13(20)10(7-11)8-22-17-18-23-9-14(24(18)6-5-21-17)12-2-4-15(25)16(12)26/h1,3,5-7,9,12,15-16,25-26H,2,4,8H2,(H,21,22)/t12-,15+,16-/m0/s1. The van der Waals surface area contributed by atoms with Crippen LogP contribution in [-0.4, -0.2) is 36.8 Å². The summed E-state index contributed by atoms with van der Waals surface area (Å²) in [5, 5.41) is 24.5. The van der Waals surface area contributed by atoms with Crippen LogP contribution in [0.2, 0.25) is 10.0 Å². The van der Waals surface area contributed by atoms with Crippen LogP contribution in [0.15, 0.2) is 36.8 Å². The van der Waals surface area contributed by atoms with Crippen molar-refractivity contribution >= 4 is 34.7 Å². The van der Waals surface area contributed by atoms with Gasteiger partial charge in [0.1, 0.15) is 0 Å². The van der Waals surface area contributed by atoms with Gasteiger partial charge < -0.3 is 15.5 Å². The predicted molar refractivity (Wildman–Crippen MR) is 101 cm³/mol.